The summed E-state index contributed by atoms with van der Waals surface area (Å²) < 4.78 is 5.90. The number of aliphatic hydroxyl groups is 1. The number of hydrogen-bond donors (Lipinski definition) is 3. The highest BCUT2D eigenvalue weighted by Crippen LogP contribution is 2.25. The van der Waals surface area contributed by atoms with Crippen LogP contribution in [0.25, 0.3) is 0 Å². The molecule has 1 heterocycles. The average Bonchev–Trinajstić information content (AvgIpc) is 3.38. The Balaban J connectivity index is 1.30. The van der Waals surface area contributed by atoms with Gasteiger partial charge in [0, 0.05) is 24.6 Å². The topological polar surface area (TPSA) is 108 Å². The van der Waals surface area contributed by atoms with Crippen molar-refractivity contribution >= 4 is 17.7 Å². The first-order valence-corrected chi connectivity index (χ1v) is 15.4. The Bertz CT molecular complexity index is 1360. The SMILES string of the molecule is O=C(N[C@@H](Cc1ccccc1)C(=O)N1CCCC1C(O)C(=O)NC1CCCCCC1)c1cccc(Oc2ccccc2)c1. The summed E-state index contributed by atoms with van der Waals surface area (Å²) in [6.45, 7) is 0.416. The summed E-state index contributed by atoms with van der Waals surface area (Å²) in [4.78, 5) is 42.2. The van der Waals surface area contributed by atoms with Crippen molar-refractivity contribution in [2.45, 2.75) is 82.0 Å². The third-order valence-corrected chi connectivity index (χ3v) is 8.38. The zero-order valence-corrected chi connectivity index (χ0v) is 24.5. The maximum atomic E-state index is 14.0. The van der Waals surface area contributed by atoms with E-state index in [1.54, 1.807) is 29.2 Å². The lowest BCUT2D eigenvalue weighted by atomic mass is 10.0. The van der Waals surface area contributed by atoms with Crippen molar-refractivity contribution in [3.05, 3.63) is 96.1 Å². The molecule has 3 atom stereocenters. The van der Waals surface area contributed by atoms with Crippen molar-refractivity contribution in [3.8, 4) is 11.5 Å². The van der Waals surface area contributed by atoms with Gasteiger partial charge in [0.15, 0.2) is 6.10 Å². The van der Waals surface area contributed by atoms with Gasteiger partial charge in [0.2, 0.25) is 5.91 Å². The molecule has 1 saturated carbocycles. The van der Waals surface area contributed by atoms with Crippen molar-refractivity contribution < 1.29 is 24.2 Å². The molecule has 0 aromatic heterocycles. The molecule has 3 N–H and O–H groups in total. The molecule has 1 saturated heterocycles. The molecule has 3 amide bonds. The molecule has 3 aromatic carbocycles. The predicted molar refractivity (Wildman–Crippen MR) is 165 cm³/mol. The summed E-state index contributed by atoms with van der Waals surface area (Å²) in [5.74, 6) is 0.0227. The molecule has 2 aliphatic rings. The van der Waals surface area contributed by atoms with Gasteiger partial charge in [-0.1, -0.05) is 80.3 Å². The highest BCUT2D eigenvalue weighted by Gasteiger charge is 2.40. The molecule has 5 rings (SSSR count). The van der Waals surface area contributed by atoms with Crippen molar-refractivity contribution in [1.82, 2.24) is 15.5 Å². The number of hydrogen-bond acceptors (Lipinski definition) is 5. The minimum absolute atomic E-state index is 0.0574. The Morgan fingerprint density at radius 2 is 1.49 bits per heavy atom. The Morgan fingerprint density at radius 1 is 0.814 bits per heavy atom. The van der Waals surface area contributed by atoms with Gasteiger partial charge in [-0.25, -0.2) is 0 Å². The van der Waals surface area contributed by atoms with Crippen LogP contribution in [-0.4, -0.2) is 58.5 Å². The lowest BCUT2D eigenvalue weighted by Crippen LogP contribution is -2.56. The molecule has 8 heteroatoms. The standard InChI is InChI=1S/C35H41N3O5/c39-32(34(41)36-27-16-7-1-2-8-17-27)31-21-12-22-38(31)35(42)30(23-25-13-5-3-6-14-25)37-33(40)26-15-11-20-29(24-26)43-28-18-9-4-10-19-28/h3-6,9-11,13-15,18-20,24,27,30-32,39H,1-2,7-8,12,16-17,21-23H2,(H,36,41)(H,37,40)/t30-,31?,32?/m0/s1. The van der Waals surface area contributed by atoms with Gasteiger partial charge in [0.25, 0.3) is 11.8 Å². The normalized spacial score (nSPS) is 18.7. The minimum Gasteiger partial charge on any atom is -0.457 e. The number of benzene rings is 3. The van der Waals surface area contributed by atoms with Crippen LogP contribution >= 0.6 is 0 Å². The number of ether oxygens (including phenoxy) is 1. The van der Waals surface area contributed by atoms with E-state index in [4.69, 9.17) is 4.74 Å². The number of para-hydroxylation sites is 1. The maximum Gasteiger partial charge on any atom is 0.252 e. The van der Waals surface area contributed by atoms with Crippen LogP contribution in [0, 0.1) is 0 Å². The Labute approximate surface area is 253 Å². The summed E-state index contributed by atoms with van der Waals surface area (Å²) in [6, 6.07) is 24.2. The zero-order chi connectivity index (χ0) is 30.0. The van der Waals surface area contributed by atoms with Crippen LogP contribution in [0.4, 0.5) is 0 Å². The summed E-state index contributed by atoms with van der Waals surface area (Å²) >= 11 is 0. The number of nitrogens with one attached hydrogen (secondary N) is 2. The fourth-order valence-corrected chi connectivity index (χ4v) is 6.10. The Kier molecular flexibility index (Phi) is 10.4. The van der Waals surface area contributed by atoms with E-state index in [-0.39, 0.29) is 18.4 Å². The van der Waals surface area contributed by atoms with Crippen LogP contribution < -0.4 is 15.4 Å². The summed E-state index contributed by atoms with van der Waals surface area (Å²) in [5, 5.41) is 17.1. The van der Waals surface area contributed by atoms with Crippen molar-refractivity contribution in [3.63, 3.8) is 0 Å². The van der Waals surface area contributed by atoms with Gasteiger partial charge >= 0.3 is 0 Å². The summed E-state index contributed by atoms with van der Waals surface area (Å²) in [6.07, 6.45) is 6.44. The molecule has 8 nitrogen and oxygen atoms in total. The van der Waals surface area contributed by atoms with E-state index in [0.29, 0.717) is 36.4 Å². The van der Waals surface area contributed by atoms with Crippen molar-refractivity contribution in [2.24, 2.45) is 0 Å². The van der Waals surface area contributed by atoms with Gasteiger partial charge < -0.3 is 25.4 Å². The van der Waals surface area contributed by atoms with Crippen molar-refractivity contribution in [1.29, 1.82) is 0 Å². The van der Waals surface area contributed by atoms with Gasteiger partial charge in [-0.2, -0.15) is 0 Å². The number of carbonyl (C=O) groups excluding carboxylic acids is 3. The van der Waals surface area contributed by atoms with Crippen LogP contribution in [0.3, 0.4) is 0 Å². The largest absolute Gasteiger partial charge is 0.457 e. The van der Waals surface area contributed by atoms with E-state index in [1.165, 1.54) is 12.8 Å². The molecular weight excluding hydrogens is 542 g/mol. The lowest BCUT2D eigenvalue weighted by molar-refractivity contribution is -0.141. The third kappa shape index (κ3) is 8.23. The smallest absolute Gasteiger partial charge is 0.252 e. The van der Waals surface area contributed by atoms with Gasteiger partial charge in [-0.15, -0.1) is 0 Å². The van der Waals surface area contributed by atoms with Gasteiger partial charge in [0.05, 0.1) is 6.04 Å². The lowest BCUT2D eigenvalue weighted by Gasteiger charge is -2.32. The molecule has 1 aliphatic carbocycles. The highest BCUT2D eigenvalue weighted by atomic mass is 16.5. The fourth-order valence-electron chi connectivity index (χ4n) is 6.10. The van der Waals surface area contributed by atoms with E-state index in [0.717, 1.165) is 31.2 Å². The number of amides is 3. The van der Waals surface area contributed by atoms with E-state index < -0.39 is 30.0 Å². The molecule has 43 heavy (non-hydrogen) atoms. The maximum absolute atomic E-state index is 14.0. The molecule has 2 fully saturated rings. The average molecular weight is 584 g/mol. The summed E-state index contributed by atoms with van der Waals surface area (Å²) in [5.41, 5.74) is 1.25. The van der Waals surface area contributed by atoms with Gasteiger partial charge in [0.1, 0.15) is 17.5 Å². The van der Waals surface area contributed by atoms with E-state index in [2.05, 4.69) is 10.6 Å². The number of aliphatic hydroxyl groups excluding tert-OH is 1. The minimum atomic E-state index is -1.32. The van der Waals surface area contributed by atoms with Gasteiger partial charge in [-0.3, -0.25) is 14.4 Å². The van der Waals surface area contributed by atoms with Crippen LogP contribution in [0.2, 0.25) is 0 Å². The highest BCUT2D eigenvalue weighted by molar-refractivity contribution is 5.98. The van der Waals surface area contributed by atoms with Crippen molar-refractivity contribution in [2.75, 3.05) is 6.54 Å². The molecule has 0 bridgehead atoms. The first kappa shape index (κ1) is 30.3. The van der Waals surface area contributed by atoms with Crippen LogP contribution in [-0.2, 0) is 16.0 Å². The van der Waals surface area contributed by atoms with E-state index >= 15 is 0 Å². The van der Waals surface area contributed by atoms with Crippen LogP contribution in [0.5, 0.6) is 11.5 Å². The van der Waals surface area contributed by atoms with Crippen LogP contribution in [0.1, 0.15) is 67.3 Å². The van der Waals surface area contributed by atoms with E-state index in [1.807, 2.05) is 60.7 Å². The number of likely N-dealkylation sites (tertiary alicyclic amines) is 1. The number of rotatable bonds is 10. The fraction of sp³-hybridized carbons (Fsp3) is 0.400. The second-order valence-corrected chi connectivity index (χ2v) is 11.5. The second kappa shape index (κ2) is 14.8. The molecule has 0 spiro atoms. The number of nitrogens with zero attached hydrogens (tertiary/aromatic N) is 1. The summed E-state index contributed by atoms with van der Waals surface area (Å²) in [7, 11) is 0. The quantitative estimate of drug-likeness (QED) is 0.291. The van der Waals surface area contributed by atoms with E-state index in [9.17, 15) is 19.5 Å². The first-order valence-electron chi connectivity index (χ1n) is 15.4. The third-order valence-electron chi connectivity index (χ3n) is 8.38. The molecule has 226 valence electrons. The molecule has 0 radical (unpaired) electrons. The van der Waals surface area contributed by atoms with Crippen LogP contribution in [0.15, 0.2) is 84.9 Å². The van der Waals surface area contributed by atoms with Gasteiger partial charge in [-0.05, 0) is 61.6 Å². The number of carbonyl (C=O) groups is 3. The second-order valence-electron chi connectivity index (χ2n) is 11.5. The molecular formula is C35H41N3O5. The first-order chi connectivity index (χ1) is 21.0. The molecule has 1 aliphatic heterocycles. The molecule has 3 aromatic rings. The predicted octanol–water partition coefficient (Wildman–Crippen LogP) is 5.01. The monoisotopic (exact) mass is 583 g/mol. The molecule has 2 unspecified atom stereocenters. The Morgan fingerprint density at radius 3 is 2.21 bits per heavy atom. The zero-order valence-electron chi connectivity index (χ0n) is 24.5. The Hall–Kier alpha value is -4.17.